The van der Waals surface area contributed by atoms with E-state index in [9.17, 15) is 4.79 Å². The number of hydrogen-bond donors (Lipinski definition) is 0. The summed E-state index contributed by atoms with van der Waals surface area (Å²) in [4.78, 5) is 13.2. The van der Waals surface area contributed by atoms with E-state index in [2.05, 4.69) is 0 Å². The van der Waals surface area contributed by atoms with Gasteiger partial charge < -0.3 is 0 Å². The quantitative estimate of drug-likeness (QED) is 0.679. The number of benzene rings is 1. The number of carbonyl (C=O) groups is 1. The molecule has 2 aromatic rings. The van der Waals surface area contributed by atoms with E-state index in [0.29, 0.717) is 0 Å². The molecular formula is C14H10OS. The van der Waals surface area contributed by atoms with Crippen molar-refractivity contribution in [1.82, 2.24) is 0 Å². The number of hydrogen-bond acceptors (Lipinski definition) is 2. The number of rotatable bonds is 1. The van der Waals surface area contributed by atoms with Gasteiger partial charge in [-0.2, -0.15) is 0 Å². The van der Waals surface area contributed by atoms with E-state index in [1.807, 2.05) is 47.9 Å². The molecule has 0 bridgehead atoms. The van der Waals surface area contributed by atoms with Crippen LogP contribution in [0.3, 0.4) is 0 Å². The Morgan fingerprint density at radius 3 is 2.75 bits per heavy atom. The summed E-state index contributed by atoms with van der Waals surface area (Å²) in [6.07, 6.45) is 2.78. The van der Waals surface area contributed by atoms with Crippen molar-refractivity contribution in [3.05, 3.63) is 63.4 Å². The Labute approximate surface area is 98.1 Å². The van der Waals surface area contributed by atoms with E-state index in [1.54, 1.807) is 11.3 Å². The topological polar surface area (TPSA) is 17.1 Å². The Balaban J connectivity index is 2.02. The summed E-state index contributed by atoms with van der Waals surface area (Å²) < 4.78 is 0. The second-order valence-electron chi connectivity index (χ2n) is 3.85. The smallest absolute Gasteiger partial charge is 0.189 e. The minimum absolute atomic E-state index is 0.184. The SMILES string of the molecule is O=C1/C(=C\c2cccs2)Cc2ccccc21. The zero-order valence-electron chi connectivity index (χ0n) is 8.64. The summed E-state index contributed by atoms with van der Waals surface area (Å²) in [5, 5.41) is 2.03. The molecule has 0 radical (unpaired) electrons. The molecule has 0 spiro atoms. The van der Waals surface area contributed by atoms with Gasteiger partial charge in [-0.05, 0) is 23.1 Å². The first-order valence-electron chi connectivity index (χ1n) is 5.21. The van der Waals surface area contributed by atoms with Gasteiger partial charge in [0.05, 0.1) is 0 Å². The molecule has 1 heterocycles. The molecule has 3 rings (SSSR count). The summed E-state index contributed by atoms with van der Waals surface area (Å²) >= 11 is 1.66. The molecule has 1 aliphatic rings. The molecule has 1 nitrogen and oxygen atoms in total. The Kier molecular flexibility index (Phi) is 2.22. The van der Waals surface area contributed by atoms with Crippen molar-refractivity contribution in [2.75, 3.05) is 0 Å². The predicted molar refractivity (Wildman–Crippen MR) is 66.8 cm³/mol. The van der Waals surface area contributed by atoms with Crippen molar-refractivity contribution < 1.29 is 4.79 Å². The maximum absolute atomic E-state index is 12.1. The summed E-state index contributed by atoms with van der Waals surface area (Å²) in [7, 11) is 0. The minimum Gasteiger partial charge on any atom is -0.289 e. The minimum atomic E-state index is 0.184. The fourth-order valence-corrected chi connectivity index (χ4v) is 2.70. The van der Waals surface area contributed by atoms with Crippen LogP contribution in [-0.4, -0.2) is 5.78 Å². The van der Waals surface area contributed by atoms with Gasteiger partial charge in [0.2, 0.25) is 0 Å². The monoisotopic (exact) mass is 226 g/mol. The largest absolute Gasteiger partial charge is 0.289 e. The lowest BCUT2D eigenvalue weighted by molar-refractivity contribution is 0.104. The van der Waals surface area contributed by atoms with E-state index in [1.165, 1.54) is 0 Å². The van der Waals surface area contributed by atoms with Crippen molar-refractivity contribution in [1.29, 1.82) is 0 Å². The fourth-order valence-electron chi connectivity index (χ4n) is 2.02. The van der Waals surface area contributed by atoms with Gasteiger partial charge in [-0.15, -0.1) is 11.3 Å². The highest BCUT2D eigenvalue weighted by Gasteiger charge is 2.23. The van der Waals surface area contributed by atoms with Crippen LogP contribution in [0.15, 0.2) is 47.4 Å². The standard InChI is InChI=1S/C14H10OS/c15-14-11(9-12-5-3-7-16-12)8-10-4-1-2-6-13(10)14/h1-7,9H,8H2/b11-9-. The first-order chi connectivity index (χ1) is 7.84. The average molecular weight is 226 g/mol. The summed E-state index contributed by atoms with van der Waals surface area (Å²) in [6.45, 7) is 0. The van der Waals surface area contributed by atoms with Crippen LogP contribution in [-0.2, 0) is 6.42 Å². The number of thiophene rings is 1. The summed E-state index contributed by atoms with van der Waals surface area (Å²) in [6, 6.07) is 11.9. The van der Waals surface area contributed by atoms with E-state index < -0.39 is 0 Å². The zero-order valence-corrected chi connectivity index (χ0v) is 9.46. The molecule has 0 unspecified atom stereocenters. The number of allylic oxidation sites excluding steroid dienone is 1. The molecule has 0 aliphatic heterocycles. The van der Waals surface area contributed by atoms with Crippen molar-refractivity contribution in [3.63, 3.8) is 0 Å². The second-order valence-corrected chi connectivity index (χ2v) is 4.83. The second kappa shape index (κ2) is 3.72. The molecule has 1 aliphatic carbocycles. The molecule has 16 heavy (non-hydrogen) atoms. The van der Waals surface area contributed by atoms with E-state index >= 15 is 0 Å². The van der Waals surface area contributed by atoms with Gasteiger partial charge in [0.25, 0.3) is 0 Å². The van der Waals surface area contributed by atoms with Crippen LogP contribution < -0.4 is 0 Å². The molecular weight excluding hydrogens is 216 g/mol. The molecule has 78 valence electrons. The van der Waals surface area contributed by atoms with Crippen LogP contribution in [0.1, 0.15) is 20.8 Å². The lowest BCUT2D eigenvalue weighted by Gasteiger charge is -1.92. The van der Waals surface area contributed by atoms with E-state index in [0.717, 1.165) is 28.0 Å². The Morgan fingerprint density at radius 2 is 2.00 bits per heavy atom. The molecule has 0 N–H and O–H groups in total. The zero-order chi connectivity index (χ0) is 11.0. The van der Waals surface area contributed by atoms with Crippen molar-refractivity contribution >= 4 is 23.2 Å². The van der Waals surface area contributed by atoms with Crippen LogP contribution >= 0.6 is 11.3 Å². The van der Waals surface area contributed by atoms with Gasteiger partial charge >= 0.3 is 0 Å². The van der Waals surface area contributed by atoms with Gasteiger partial charge in [-0.3, -0.25) is 4.79 Å². The summed E-state index contributed by atoms with van der Waals surface area (Å²) in [5.74, 6) is 0.184. The molecule has 1 aromatic carbocycles. The lowest BCUT2D eigenvalue weighted by Crippen LogP contribution is -1.94. The van der Waals surface area contributed by atoms with Gasteiger partial charge in [0.15, 0.2) is 5.78 Å². The molecule has 0 fully saturated rings. The number of carbonyl (C=O) groups excluding carboxylic acids is 1. The van der Waals surface area contributed by atoms with Crippen LogP contribution in [0, 0.1) is 0 Å². The van der Waals surface area contributed by atoms with Crippen LogP contribution in [0.4, 0.5) is 0 Å². The highest BCUT2D eigenvalue weighted by atomic mass is 32.1. The Bertz CT molecular complexity index is 564. The molecule has 0 saturated heterocycles. The van der Waals surface area contributed by atoms with Gasteiger partial charge in [0.1, 0.15) is 0 Å². The third-order valence-corrected chi connectivity index (χ3v) is 3.61. The highest BCUT2D eigenvalue weighted by molar-refractivity contribution is 7.10. The lowest BCUT2D eigenvalue weighted by atomic mass is 10.1. The van der Waals surface area contributed by atoms with Crippen molar-refractivity contribution in [2.24, 2.45) is 0 Å². The van der Waals surface area contributed by atoms with Crippen molar-refractivity contribution in [3.8, 4) is 0 Å². The Morgan fingerprint density at radius 1 is 1.12 bits per heavy atom. The van der Waals surface area contributed by atoms with Gasteiger partial charge in [-0.25, -0.2) is 0 Å². The van der Waals surface area contributed by atoms with Crippen LogP contribution in [0.2, 0.25) is 0 Å². The number of Topliss-reactive ketones (excluding diaryl/α,β-unsaturated/α-hetero) is 1. The van der Waals surface area contributed by atoms with Crippen LogP contribution in [0.25, 0.3) is 6.08 Å². The third-order valence-electron chi connectivity index (χ3n) is 2.79. The van der Waals surface area contributed by atoms with Crippen LogP contribution in [0.5, 0.6) is 0 Å². The molecule has 0 amide bonds. The molecule has 0 atom stereocenters. The van der Waals surface area contributed by atoms with E-state index in [-0.39, 0.29) is 5.78 Å². The summed E-state index contributed by atoms with van der Waals surface area (Å²) in [5.41, 5.74) is 2.92. The number of fused-ring (bicyclic) bond motifs is 1. The van der Waals surface area contributed by atoms with E-state index in [4.69, 9.17) is 0 Å². The Hall–Kier alpha value is -1.67. The average Bonchev–Trinajstić information content (AvgIpc) is 2.90. The maximum Gasteiger partial charge on any atom is 0.189 e. The highest BCUT2D eigenvalue weighted by Crippen LogP contribution is 2.28. The van der Waals surface area contributed by atoms with Crippen molar-refractivity contribution in [2.45, 2.75) is 6.42 Å². The van der Waals surface area contributed by atoms with Gasteiger partial charge in [0, 0.05) is 22.4 Å². The first kappa shape index (κ1) is 9.55. The normalized spacial score (nSPS) is 16.8. The fraction of sp³-hybridized carbons (Fsp3) is 0.0714. The first-order valence-corrected chi connectivity index (χ1v) is 6.09. The van der Waals surface area contributed by atoms with Gasteiger partial charge in [-0.1, -0.05) is 30.3 Å². The predicted octanol–water partition coefficient (Wildman–Crippen LogP) is 3.57. The number of ketones is 1. The maximum atomic E-state index is 12.1. The third kappa shape index (κ3) is 1.51. The molecule has 2 heteroatoms. The molecule has 0 saturated carbocycles. The molecule has 1 aromatic heterocycles.